The maximum Gasteiger partial charge on any atom is 0.170 e. The second-order valence-corrected chi connectivity index (χ2v) is 3.40. The molecule has 4 nitrogen and oxygen atoms in total. The molecular weight excluding hydrogens is 204 g/mol. The molecule has 16 heavy (non-hydrogen) atoms. The minimum atomic E-state index is 0.441. The number of hydrogen-bond donors (Lipinski definition) is 0. The summed E-state index contributed by atoms with van der Waals surface area (Å²) >= 11 is 0. The van der Waals surface area contributed by atoms with Crippen molar-refractivity contribution in [1.82, 2.24) is 0 Å². The molecule has 4 heteroatoms. The van der Waals surface area contributed by atoms with E-state index in [4.69, 9.17) is 4.84 Å². The van der Waals surface area contributed by atoms with Crippen molar-refractivity contribution in [2.45, 2.75) is 26.2 Å². The quantitative estimate of drug-likeness (QED) is 0.306. The first-order valence-electron chi connectivity index (χ1n) is 5.46. The SMILES string of the molecule is CCCCCN=NOc1ccccc1C=O. The molecular formula is C12H16N2O2. The minimum Gasteiger partial charge on any atom is -0.339 e. The second-order valence-electron chi connectivity index (χ2n) is 3.40. The van der Waals surface area contributed by atoms with Crippen LogP contribution in [0.15, 0.2) is 34.7 Å². The second kappa shape index (κ2) is 7.56. The molecule has 0 atom stereocenters. The van der Waals surface area contributed by atoms with Gasteiger partial charge in [-0.3, -0.25) is 4.79 Å². The Hall–Kier alpha value is -1.71. The van der Waals surface area contributed by atoms with Gasteiger partial charge in [0.05, 0.1) is 12.1 Å². The van der Waals surface area contributed by atoms with E-state index in [0.717, 1.165) is 25.5 Å². The molecule has 1 aromatic rings. The number of carbonyl (C=O) groups excluding carboxylic acids is 1. The molecule has 0 aliphatic heterocycles. The topological polar surface area (TPSA) is 51.0 Å². The van der Waals surface area contributed by atoms with E-state index >= 15 is 0 Å². The van der Waals surface area contributed by atoms with E-state index in [1.165, 1.54) is 0 Å². The number of aldehydes is 1. The van der Waals surface area contributed by atoms with Crippen LogP contribution in [0.25, 0.3) is 0 Å². The van der Waals surface area contributed by atoms with E-state index in [-0.39, 0.29) is 0 Å². The molecule has 0 amide bonds. The summed E-state index contributed by atoms with van der Waals surface area (Å²) in [7, 11) is 0. The van der Waals surface area contributed by atoms with Gasteiger partial charge in [0.1, 0.15) is 0 Å². The van der Waals surface area contributed by atoms with Crippen molar-refractivity contribution in [2.75, 3.05) is 6.54 Å². The maximum atomic E-state index is 10.6. The van der Waals surface area contributed by atoms with Gasteiger partial charge >= 0.3 is 0 Å². The van der Waals surface area contributed by atoms with Gasteiger partial charge in [-0.25, -0.2) is 0 Å². The van der Waals surface area contributed by atoms with E-state index in [2.05, 4.69) is 17.3 Å². The maximum absolute atomic E-state index is 10.6. The zero-order valence-corrected chi connectivity index (χ0v) is 9.43. The Morgan fingerprint density at radius 3 is 2.88 bits per heavy atom. The highest BCUT2D eigenvalue weighted by atomic mass is 16.6. The monoisotopic (exact) mass is 220 g/mol. The third kappa shape index (κ3) is 4.21. The van der Waals surface area contributed by atoms with Crippen molar-refractivity contribution in [3.05, 3.63) is 29.8 Å². The molecule has 0 saturated heterocycles. The van der Waals surface area contributed by atoms with Gasteiger partial charge in [0.25, 0.3) is 0 Å². The van der Waals surface area contributed by atoms with Gasteiger partial charge < -0.3 is 4.84 Å². The van der Waals surface area contributed by atoms with Crippen LogP contribution in [0.3, 0.4) is 0 Å². The molecule has 0 aliphatic carbocycles. The number of rotatable bonds is 7. The predicted octanol–water partition coefficient (Wildman–Crippen LogP) is 3.44. The fourth-order valence-electron chi connectivity index (χ4n) is 1.21. The van der Waals surface area contributed by atoms with Gasteiger partial charge in [-0.15, -0.1) is 0 Å². The summed E-state index contributed by atoms with van der Waals surface area (Å²) in [6.45, 7) is 2.80. The summed E-state index contributed by atoms with van der Waals surface area (Å²) in [6, 6.07) is 6.92. The molecule has 0 aromatic heterocycles. The Labute approximate surface area is 95.3 Å². The van der Waals surface area contributed by atoms with E-state index in [1.54, 1.807) is 24.3 Å². The van der Waals surface area contributed by atoms with Crippen LogP contribution >= 0.6 is 0 Å². The van der Waals surface area contributed by atoms with Crippen LogP contribution in [0.4, 0.5) is 0 Å². The Morgan fingerprint density at radius 2 is 2.12 bits per heavy atom. The Morgan fingerprint density at radius 1 is 1.31 bits per heavy atom. The lowest BCUT2D eigenvalue weighted by atomic mass is 10.2. The summed E-state index contributed by atoms with van der Waals surface area (Å²) in [4.78, 5) is 15.7. The average Bonchev–Trinajstić information content (AvgIpc) is 2.34. The standard InChI is InChI=1S/C12H16N2O2/c1-2-3-6-9-13-14-16-12-8-5-4-7-11(12)10-15/h4-5,7-8,10H,2-3,6,9H2,1H3. The lowest BCUT2D eigenvalue weighted by Crippen LogP contribution is -1.89. The van der Waals surface area contributed by atoms with Crippen molar-refractivity contribution in [3.8, 4) is 5.75 Å². The van der Waals surface area contributed by atoms with Crippen LogP contribution in [0, 0.1) is 0 Å². The fourth-order valence-corrected chi connectivity index (χ4v) is 1.21. The van der Waals surface area contributed by atoms with Crippen LogP contribution in [0.2, 0.25) is 0 Å². The van der Waals surface area contributed by atoms with Gasteiger partial charge in [-0.2, -0.15) is 5.11 Å². The number of benzene rings is 1. The summed E-state index contributed by atoms with van der Waals surface area (Å²) in [5, 5.41) is 7.45. The zero-order valence-electron chi connectivity index (χ0n) is 9.43. The first-order valence-corrected chi connectivity index (χ1v) is 5.46. The third-order valence-corrected chi connectivity index (χ3v) is 2.10. The highest BCUT2D eigenvalue weighted by Crippen LogP contribution is 2.15. The van der Waals surface area contributed by atoms with E-state index in [9.17, 15) is 4.79 Å². The van der Waals surface area contributed by atoms with E-state index < -0.39 is 0 Å². The molecule has 1 rings (SSSR count). The molecule has 0 saturated carbocycles. The number of nitrogens with zero attached hydrogens (tertiary/aromatic N) is 2. The molecule has 0 aliphatic rings. The Bertz CT molecular complexity index is 351. The zero-order chi connectivity index (χ0) is 11.6. The van der Waals surface area contributed by atoms with Crippen LogP contribution < -0.4 is 4.84 Å². The highest BCUT2D eigenvalue weighted by molar-refractivity contribution is 5.79. The van der Waals surface area contributed by atoms with Gasteiger partial charge in [0.15, 0.2) is 12.0 Å². The number of hydrogen-bond acceptors (Lipinski definition) is 4. The van der Waals surface area contributed by atoms with E-state index in [1.807, 2.05) is 0 Å². The van der Waals surface area contributed by atoms with Crippen LogP contribution in [-0.4, -0.2) is 12.8 Å². The van der Waals surface area contributed by atoms with Crippen molar-refractivity contribution in [1.29, 1.82) is 0 Å². The number of unbranched alkanes of at least 4 members (excludes halogenated alkanes) is 2. The van der Waals surface area contributed by atoms with Crippen molar-refractivity contribution < 1.29 is 9.63 Å². The van der Waals surface area contributed by atoms with Crippen LogP contribution in [-0.2, 0) is 0 Å². The Balaban J connectivity index is 2.38. The molecule has 0 unspecified atom stereocenters. The highest BCUT2D eigenvalue weighted by Gasteiger charge is 2.00. The lowest BCUT2D eigenvalue weighted by Gasteiger charge is -1.99. The fraction of sp³-hybridized carbons (Fsp3) is 0.417. The van der Waals surface area contributed by atoms with Crippen molar-refractivity contribution in [3.63, 3.8) is 0 Å². The largest absolute Gasteiger partial charge is 0.339 e. The smallest absolute Gasteiger partial charge is 0.170 e. The Kier molecular flexibility index (Phi) is 5.84. The summed E-state index contributed by atoms with van der Waals surface area (Å²) in [5.41, 5.74) is 0.481. The van der Waals surface area contributed by atoms with Gasteiger partial charge in [-0.1, -0.05) is 31.9 Å². The summed E-state index contributed by atoms with van der Waals surface area (Å²) in [6.07, 6.45) is 4.05. The van der Waals surface area contributed by atoms with Crippen LogP contribution in [0.1, 0.15) is 36.5 Å². The number of carbonyl (C=O) groups is 1. The van der Waals surface area contributed by atoms with E-state index in [0.29, 0.717) is 17.9 Å². The molecule has 0 radical (unpaired) electrons. The van der Waals surface area contributed by atoms with Crippen molar-refractivity contribution >= 4 is 6.29 Å². The predicted molar refractivity (Wildman–Crippen MR) is 61.7 cm³/mol. The molecule has 0 bridgehead atoms. The minimum absolute atomic E-state index is 0.441. The third-order valence-electron chi connectivity index (χ3n) is 2.10. The van der Waals surface area contributed by atoms with Gasteiger partial charge in [0, 0.05) is 5.28 Å². The molecule has 1 aromatic carbocycles. The van der Waals surface area contributed by atoms with Crippen molar-refractivity contribution in [2.24, 2.45) is 10.4 Å². The molecule has 0 spiro atoms. The average molecular weight is 220 g/mol. The first-order chi connectivity index (χ1) is 7.88. The molecule has 86 valence electrons. The summed E-state index contributed by atoms with van der Waals surface area (Å²) in [5.74, 6) is 0.441. The van der Waals surface area contributed by atoms with Gasteiger partial charge in [0.2, 0.25) is 0 Å². The normalized spacial score (nSPS) is 10.6. The molecule has 0 fully saturated rings. The first kappa shape index (κ1) is 12.4. The lowest BCUT2D eigenvalue weighted by molar-refractivity contribution is 0.111. The summed E-state index contributed by atoms with van der Waals surface area (Å²) < 4.78 is 0. The number of para-hydroxylation sites is 1. The van der Waals surface area contributed by atoms with Crippen LogP contribution in [0.5, 0.6) is 5.75 Å². The van der Waals surface area contributed by atoms with Gasteiger partial charge in [-0.05, 0) is 18.6 Å². The molecule has 0 heterocycles. The molecule has 0 N–H and O–H groups in total.